The van der Waals surface area contributed by atoms with Crippen molar-refractivity contribution in [1.82, 2.24) is 4.98 Å². The summed E-state index contributed by atoms with van der Waals surface area (Å²) in [7, 11) is 0. The first-order valence-corrected chi connectivity index (χ1v) is 6.47. The number of nitrogens with one attached hydrogen (secondary N) is 1. The van der Waals surface area contributed by atoms with Crippen LogP contribution >= 0.6 is 0 Å². The molecule has 1 aromatic heterocycles. The van der Waals surface area contributed by atoms with Crippen LogP contribution in [0.25, 0.3) is 0 Å². The highest BCUT2D eigenvalue weighted by Gasteiger charge is 2.33. The monoisotopic (exact) mass is 244 g/mol. The highest BCUT2D eigenvalue weighted by Crippen LogP contribution is 2.33. The van der Waals surface area contributed by atoms with Crippen molar-refractivity contribution >= 4 is 5.69 Å². The second kappa shape index (κ2) is 4.95. The van der Waals surface area contributed by atoms with E-state index >= 15 is 0 Å². The van der Waals surface area contributed by atoms with Gasteiger partial charge in [-0.3, -0.25) is 4.98 Å². The topological polar surface area (TPSA) is 74.7 Å². The number of aryl methyl sites for hydroxylation is 2. The first-order valence-electron chi connectivity index (χ1n) is 6.47. The highest BCUT2D eigenvalue weighted by molar-refractivity contribution is 5.61. The van der Waals surface area contributed by atoms with Gasteiger partial charge < -0.3 is 11.1 Å². The molecule has 0 saturated heterocycles. The summed E-state index contributed by atoms with van der Waals surface area (Å²) in [6.45, 7) is 4.43. The maximum Gasteiger partial charge on any atom is 0.103 e. The molecular formula is C14H20N4. The van der Waals surface area contributed by atoms with Gasteiger partial charge in [0.05, 0.1) is 16.9 Å². The number of nitriles is 1. The van der Waals surface area contributed by atoms with Crippen molar-refractivity contribution in [3.8, 4) is 6.07 Å². The summed E-state index contributed by atoms with van der Waals surface area (Å²) < 4.78 is 0. The van der Waals surface area contributed by atoms with Crippen molar-refractivity contribution in [1.29, 1.82) is 5.26 Å². The van der Waals surface area contributed by atoms with E-state index in [-0.39, 0.29) is 5.54 Å². The van der Waals surface area contributed by atoms with E-state index in [1.54, 1.807) is 0 Å². The summed E-state index contributed by atoms with van der Waals surface area (Å²) in [6, 6.07) is 4.19. The van der Waals surface area contributed by atoms with Crippen LogP contribution in [0.4, 0.5) is 5.69 Å². The van der Waals surface area contributed by atoms with Gasteiger partial charge in [0.1, 0.15) is 6.07 Å². The van der Waals surface area contributed by atoms with Gasteiger partial charge in [-0.1, -0.05) is 12.8 Å². The van der Waals surface area contributed by atoms with Crippen LogP contribution in [0.2, 0.25) is 0 Å². The van der Waals surface area contributed by atoms with Gasteiger partial charge in [-0.15, -0.1) is 0 Å². The third-order valence-electron chi connectivity index (χ3n) is 3.79. The van der Waals surface area contributed by atoms with E-state index in [4.69, 9.17) is 5.73 Å². The first-order chi connectivity index (χ1) is 8.60. The molecule has 4 heteroatoms. The molecule has 96 valence electrons. The van der Waals surface area contributed by atoms with Crippen molar-refractivity contribution < 1.29 is 0 Å². The molecular weight excluding hydrogens is 224 g/mol. The molecule has 1 saturated carbocycles. The normalized spacial score (nSPS) is 17.4. The number of hydrogen-bond donors (Lipinski definition) is 2. The molecule has 3 N–H and O–H groups in total. The van der Waals surface area contributed by atoms with Crippen molar-refractivity contribution in [2.24, 2.45) is 5.73 Å². The highest BCUT2D eigenvalue weighted by atomic mass is 15.0. The van der Waals surface area contributed by atoms with Gasteiger partial charge in [0, 0.05) is 17.8 Å². The number of hydrogen-bond acceptors (Lipinski definition) is 4. The summed E-state index contributed by atoms with van der Waals surface area (Å²) in [5.41, 5.74) is 9.12. The lowest BCUT2D eigenvalue weighted by Crippen LogP contribution is -2.43. The number of anilines is 1. The quantitative estimate of drug-likeness (QED) is 0.855. The molecule has 1 fully saturated rings. The number of nitrogens with zero attached hydrogens (tertiary/aromatic N) is 2. The minimum atomic E-state index is -0.0359. The lowest BCUT2D eigenvalue weighted by Gasteiger charge is -2.30. The molecule has 0 aliphatic heterocycles. The van der Waals surface area contributed by atoms with Gasteiger partial charge in [-0.25, -0.2) is 0 Å². The Labute approximate surface area is 108 Å². The zero-order chi connectivity index (χ0) is 13.2. The third-order valence-corrected chi connectivity index (χ3v) is 3.79. The van der Waals surface area contributed by atoms with Gasteiger partial charge in [0.2, 0.25) is 0 Å². The van der Waals surface area contributed by atoms with E-state index in [1.807, 2.05) is 19.9 Å². The Morgan fingerprint density at radius 3 is 2.67 bits per heavy atom. The molecule has 0 radical (unpaired) electrons. The fourth-order valence-corrected chi connectivity index (χ4v) is 2.79. The molecule has 1 heterocycles. The van der Waals surface area contributed by atoms with Crippen molar-refractivity contribution in [3.63, 3.8) is 0 Å². The molecule has 1 aliphatic rings. The lowest BCUT2D eigenvalue weighted by atomic mass is 9.96. The average Bonchev–Trinajstić information content (AvgIpc) is 2.78. The second-order valence-corrected chi connectivity index (χ2v) is 5.20. The van der Waals surface area contributed by atoms with Crippen LogP contribution in [-0.2, 0) is 0 Å². The van der Waals surface area contributed by atoms with Gasteiger partial charge >= 0.3 is 0 Å². The van der Waals surface area contributed by atoms with E-state index in [0.29, 0.717) is 12.1 Å². The Balaban J connectivity index is 2.36. The first kappa shape index (κ1) is 12.8. The molecule has 0 aromatic carbocycles. The fourth-order valence-electron chi connectivity index (χ4n) is 2.79. The summed E-state index contributed by atoms with van der Waals surface area (Å²) in [6.07, 6.45) is 4.56. The van der Waals surface area contributed by atoms with Crippen LogP contribution in [0.3, 0.4) is 0 Å². The standard InChI is InChI=1S/C14H20N4/c1-10-7-13(12(8-15)11(2)17-10)18-14(9-16)5-3-4-6-14/h7H,3-6,9,16H2,1-2H3,(H,17,18). The minimum absolute atomic E-state index is 0.0359. The molecule has 0 bridgehead atoms. The molecule has 0 atom stereocenters. The van der Waals surface area contributed by atoms with Crippen LogP contribution < -0.4 is 11.1 Å². The summed E-state index contributed by atoms with van der Waals surface area (Å²) in [5.74, 6) is 0. The maximum atomic E-state index is 9.26. The summed E-state index contributed by atoms with van der Waals surface area (Å²) in [5, 5.41) is 12.8. The van der Waals surface area contributed by atoms with Crippen LogP contribution in [0, 0.1) is 25.2 Å². The zero-order valence-electron chi connectivity index (χ0n) is 11.1. The minimum Gasteiger partial charge on any atom is -0.377 e. The Bertz CT molecular complexity index is 481. The third kappa shape index (κ3) is 2.32. The molecule has 18 heavy (non-hydrogen) atoms. The second-order valence-electron chi connectivity index (χ2n) is 5.20. The maximum absolute atomic E-state index is 9.26. The van der Waals surface area contributed by atoms with Gasteiger partial charge in [0.25, 0.3) is 0 Å². The number of pyridine rings is 1. The molecule has 2 rings (SSSR count). The molecule has 0 amide bonds. The largest absolute Gasteiger partial charge is 0.377 e. The van der Waals surface area contributed by atoms with Crippen LogP contribution in [0.15, 0.2) is 6.07 Å². The predicted molar refractivity (Wildman–Crippen MR) is 72.3 cm³/mol. The molecule has 0 unspecified atom stereocenters. The van der Waals surface area contributed by atoms with Gasteiger partial charge in [-0.05, 0) is 32.8 Å². The Hall–Kier alpha value is -1.60. The van der Waals surface area contributed by atoms with Crippen molar-refractivity contribution in [3.05, 3.63) is 23.0 Å². The molecule has 0 spiro atoms. The van der Waals surface area contributed by atoms with Crippen molar-refractivity contribution in [2.75, 3.05) is 11.9 Å². The summed E-state index contributed by atoms with van der Waals surface area (Å²) in [4.78, 5) is 4.33. The number of rotatable bonds is 3. The summed E-state index contributed by atoms with van der Waals surface area (Å²) >= 11 is 0. The van der Waals surface area contributed by atoms with Gasteiger partial charge in [0.15, 0.2) is 0 Å². The van der Waals surface area contributed by atoms with E-state index < -0.39 is 0 Å². The molecule has 4 nitrogen and oxygen atoms in total. The van der Waals surface area contributed by atoms with Crippen LogP contribution in [-0.4, -0.2) is 17.1 Å². The van der Waals surface area contributed by atoms with E-state index in [2.05, 4.69) is 16.4 Å². The van der Waals surface area contributed by atoms with Crippen molar-refractivity contribution in [2.45, 2.75) is 45.1 Å². The number of nitrogens with two attached hydrogens (primary N) is 1. The van der Waals surface area contributed by atoms with Crippen LogP contribution in [0.5, 0.6) is 0 Å². The number of aromatic nitrogens is 1. The SMILES string of the molecule is Cc1cc(NC2(CN)CCCC2)c(C#N)c(C)n1. The van der Waals surface area contributed by atoms with Gasteiger partial charge in [-0.2, -0.15) is 5.26 Å². The predicted octanol–water partition coefficient (Wildman–Crippen LogP) is 2.25. The Kier molecular flexibility index (Phi) is 3.53. The van der Waals surface area contributed by atoms with E-state index in [0.717, 1.165) is 29.9 Å². The molecule has 1 aromatic rings. The smallest absolute Gasteiger partial charge is 0.103 e. The van der Waals surface area contributed by atoms with E-state index in [1.165, 1.54) is 12.8 Å². The van der Waals surface area contributed by atoms with E-state index in [9.17, 15) is 5.26 Å². The zero-order valence-corrected chi connectivity index (χ0v) is 11.1. The van der Waals surface area contributed by atoms with Crippen LogP contribution in [0.1, 0.15) is 42.6 Å². The Morgan fingerprint density at radius 1 is 1.44 bits per heavy atom. The molecule has 1 aliphatic carbocycles. The Morgan fingerprint density at radius 2 is 2.11 bits per heavy atom. The average molecular weight is 244 g/mol. The lowest BCUT2D eigenvalue weighted by molar-refractivity contribution is 0.493. The fraction of sp³-hybridized carbons (Fsp3) is 0.571.